The van der Waals surface area contributed by atoms with Crippen LogP contribution in [0.4, 0.5) is 0 Å². The van der Waals surface area contributed by atoms with Crippen molar-refractivity contribution in [2.75, 3.05) is 13.2 Å². The van der Waals surface area contributed by atoms with E-state index in [9.17, 15) is 0 Å². The lowest BCUT2D eigenvalue weighted by Crippen LogP contribution is -2.46. The van der Waals surface area contributed by atoms with Gasteiger partial charge >= 0.3 is 0 Å². The van der Waals surface area contributed by atoms with Crippen LogP contribution in [-0.2, 0) is 9.47 Å². The molecule has 0 atom stereocenters. The van der Waals surface area contributed by atoms with Gasteiger partial charge in [-0.05, 0) is 12.8 Å². The average Bonchev–Trinajstić information content (AvgIpc) is 2.67. The molecule has 2 aliphatic rings. The van der Waals surface area contributed by atoms with E-state index in [1.54, 1.807) is 0 Å². The number of rotatable bonds is 1. The van der Waals surface area contributed by atoms with E-state index in [-0.39, 0.29) is 11.2 Å². The molecule has 2 heteroatoms. The van der Waals surface area contributed by atoms with Crippen LogP contribution in [0.5, 0.6) is 0 Å². The third-order valence-corrected chi connectivity index (χ3v) is 2.88. The maximum atomic E-state index is 5.81. The maximum absolute atomic E-state index is 5.81. The normalized spacial score (nSPS) is 29.2. The van der Waals surface area contributed by atoms with Crippen molar-refractivity contribution in [3.05, 3.63) is 0 Å². The highest BCUT2D eigenvalue weighted by atomic mass is 16.7. The van der Waals surface area contributed by atoms with Gasteiger partial charge in [0.25, 0.3) is 0 Å². The van der Waals surface area contributed by atoms with Crippen molar-refractivity contribution in [2.24, 2.45) is 11.3 Å². The third-order valence-electron chi connectivity index (χ3n) is 2.88. The van der Waals surface area contributed by atoms with Crippen LogP contribution in [0.3, 0.4) is 0 Å². The molecule has 1 heterocycles. The fourth-order valence-corrected chi connectivity index (χ4v) is 2.17. The molecule has 1 aliphatic heterocycles. The predicted molar refractivity (Wildman–Crippen MR) is 46.8 cm³/mol. The Morgan fingerprint density at radius 2 is 1.58 bits per heavy atom. The highest BCUT2D eigenvalue weighted by Crippen LogP contribution is 2.53. The summed E-state index contributed by atoms with van der Waals surface area (Å²) in [5.74, 6) is 0.396. The Morgan fingerprint density at radius 3 is 1.92 bits per heavy atom. The molecule has 0 N–H and O–H groups in total. The minimum Gasteiger partial charge on any atom is -0.347 e. The molecule has 0 aromatic carbocycles. The van der Waals surface area contributed by atoms with Gasteiger partial charge in [-0.15, -0.1) is 0 Å². The molecular formula is C10H18O2. The summed E-state index contributed by atoms with van der Waals surface area (Å²) in [6.07, 6.45) is 2.55. The Balaban J connectivity index is 2.21. The van der Waals surface area contributed by atoms with Crippen LogP contribution in [0.1, 0.15) is 33.6 Å². The van der Waals surface area contributed by atoms with Crippen molar-refractivity contribution in [1.82, 2.24) is 0 Å². The van der Waals surface area contributed by atoms with Crippen molar-refractivity contribution in [2.45, 2.75) is 39.4 Å². The number of ether oxygens (including phenoxy) is 2. The van der Waals surface area contributed by atoms with E-state index in [4.69, 9.17) is 9.47 Å². The first kappa shape index (κ1) is 8.52. The van der Waals surface area contributed by atoms with Crippen LogP contribution >= 0.6 is 0 Å². The Bertz CT molecular complexity index is 171. The van der Waals surface area contributed by atoms with Crippen molar-refractivity contribution in [1.29, 1.82) is 0 Å². The van der Waals surface area contributed by atoms with Crippen molar-refractivity contribution >= 4 is 0 Å². The van der Waals surface area contributed by atoms with Crippen LogP contribution in [0.2, 0.25) is 0 Å². The first-order chi connectivity index (χ1) is 5.56. The first-order valence-corrected chi connectivity index (χ1v) is 4.84. The molecule has 70 valence electrons. The summed E-state index contributed by atoms with van der Waals surface area (Å²) in [5, 5.41) is 0. The number of hydrogen-bond donors (Lipinski definition) is 0. The molecule has 0 spiro atoms. The van der Waals surface area contributed by atoms with Crippen molar-refractivity contribution in [3.8, 4) is 0 Å². The molecule has 2 fully saturated rings. The van der Waals surface area contributed by atoms with E-state index in [0.717, 1.165) is 13.2 Å². The van der Waals surface area contributed by atoms with Gasteiger partial charge in [-0.3, -0.25) is 0 Å². The molecule has 0 amide bonds. The van der Waals surface area contributed by atoms with Gasteiger partial charge in [-0.25, -0.2) is 0 Å². The molecule has 12 heavy (non-hydrogen) atoms. The summed E-state index contributed by atoms with van der Waals surface area (Å²) in [6.45, 7) is 8.16. The van der Waals surface area contributed by atoms with Crippen molar-refractivity contribution in [3.63, 3.8) is 0 Å². The van der Waals surface area contributed by atoms with Gasteiger partial charge in [-0.2, -0.15) is 0 Å². The topological polar surface area (TPSA) is 18.5 Å². The minimum atomic E-state index is -0.257. The molecule has 0 radical (unpaired) electrons. The fourth-order valence-electron chi connectivity index (χ4n) is 2.17. The van der Waals surface area contributed by atoms with E-state index in [1.165, 1.54) is 12.8 Å². The molecular weight excluding hydrogens is 152 g/mol. The standard InChI is InChI=1S/C10H18O2/c1-9(2,3)10(8-4-5-8)11-6-7-12-10/h8H,4-7H2,1-3H3. The highest BCUT2D eigenvalue weighted by Gasteiger charge is 2.57. The predicted octanol–water partition coefficient (Wildman–Crippen LogP) is 2.19. The summed E-state index contributed by atoms with van der Waals surface area (Å²) < 4.78 is 11.6. The quantitative estimate of drug-likeness (QED) is 0.600. The lowest BCUT2D eigenvalue weighted by molar-refractivity contribution is -0.236. The molecule has 1 saturated carbocycles. The van der Waals surface area contributed by atoms with Gasteiger partial charge in [0.15, 0.2) is 5.79 Å². The molecule has 1 aliphatic carbocycles. The van der Waals surface area contributed by atoms with Crippen LogP contribution in [0, 0.1) is 11.3 Å². The number of hydrogen-bond acceptors (Lipinski definition) is 2. The first-order valence-electron chi connectivity index (χ1n) is 4.84. The minimum absolute atomic E-state index is 0.116. The molecule has 0 unspecified atom stereocenters. The third kappa shape index (κ3) is 1.09. The molecule has 0 aromatic rings. The summed E-state index contributed by atoms with van der Waals surface area (Å²) >= 11 is 0. The van der Waals surface area contributed by atoms with Gasteiger partial charge in [0.1, 0.15) is 0 Å². The SMILES string of the molecule is CC(C)(C)C1(C2CC2)OCCO1. The van der Waals surface area contributed by atoms with E-state index in [1.807, 2.05) is 0 Å². The summed E-state index contributed by atoms with van der Waals surface area (Å²) in [4.78, 5) is 0. The Labute approximate surface area is 74.2 Å². The van der Waals surface area contributed by atoms with E-state index in [0.29, 0.717) is 5.92 Å². The monoisotopic (exact) mass is 170 g/mol. The Kier molecular flexibility index (Phi) is 1.74. The van der Waals surface area contributed by atoms with Crippen LogP contribution < -0.4 is 0 Å². The lowest BCUT2D eigenvalue weighted by Gasteiger charge is -2.39. The van der Waals surface area contributed by atoms with Crippen LogP contribution in [-0.4, -0.2) is 19.0 Å². The fraction of sp³-hybridized carbons (Fsp3) is 1.00. The van der Waals surface area contributed by atoms with Gasteiger partial charge in [0, 0.05) is 11.3 Å². The lowest BCUT2D eigenvalue weighted by atomic mass is 9.82. The average molecular weight is 170 g/mol. The Morgan fingerprint density at radius 1 is 1.08 bits per heavy atom. The van der Waals surface area contributed by atoms with Gasteiger partial charge in [0.05, 0.1) is 13.2 Å². The molecule has 1 saturated heterocycles. The maximum Gasteiger partial charge on any atom is 0.176 e. The second-order valence-corrected chi connectivity index (χ2v) is 4.89. The zero-order valence-electron chi connectivity index (χ0n) is 8.22. The summed E-state index contributed by atoms with van der Waals surface area (Å²) in [6, 6.07) is 0. The smallest absolute Gasteiger partial charge is 0.176 e. The van der Waals surface area contributed by atoms with Crippen LogP contribution in [0.15, 0.2) is 0 Å². The van der Waals surface area contributed by atoms with E-state index in [2.05, 4.69) is 20.8 Å². The largest absolute Gasteiger partial charge is 0.347 e. The summed E-state index contributed by atoms with van der Waals surface area (Å²) in [7, 11) is 0. The second-order valence-electron chi connectivity index (χ2n) is 4.89. The summed E-state index contributed by atoms with van der Waals surface area (Å²) in [5.41, 5.74) is 0.116. The van der Waals surface area contributed by atoms with Gasteiger partial charge in [0.2, 0.25) is 0 Å². The van der Waals surface area contributed by atoms with Gasteiger partial charge < -0.3 is 9.47 Å². The highest BCUT2D eigenvalue weighted by molar-refractivity contribution is 4.98. The zero-order valence-corrected chi connectivity index (χ0v) is 8.22. The second kappa shape index (κ2) is 2.46. The molecule has 2 rings (SSSR count). The van der Waals surface area contributed by atoms with Crippen molar-refractivity contribution < 1.29 is 9.47 Å². The molecule has 2 nitrogen and oxygen atoms in total. The van der Waals surface area contributed by atoms with Crippen LogP contribution in [0.25, 0.3) is 0 Å². The van der Waals surface area contributed by atoms with E-state index < -0.39 is 0 Å². The van der Waals surface area contributed by atoms with E-state index >= 15 is 0 Å². The zero-order chi connectivity index (χ0) is 8.82. The molecule has 0 bridgehead atoms. The van der Waals surface area contributed by atoms with Gasteiger partial charge in [-0.1, -0.05) is 20.8 Å². The molecule has 0 aromatic heterocycles. The Hall–Kier alpha value is -0.0800.